The molecular weight excluding hydrogens is 1030 g/mol. The molecule has 5 nitrogen and oxygen atoms in total. The molecule has 0 bridgehead atoms. The second-order valence-corrected chi connectivity index (χ2v) is 29.1. The number of rotatable bonds is 6. The van der Waals surface area contributed by atoms with E-state index < -0.39 is 0 Å². The van der Waals surface area contributed by atoms with Crippen molar-refractivity contribution in [3.8, 4) is 39.6 Å². The van der Waals surface area contributed by atoms with Gasteiger partial charge in [0.15, 0.2) is 0 Å². The Balaban J connectivity index is 1.04. The Hall–Kier alpha value is -8.67. The largest absolute Gasteiger partial charge is 0.457 e. The second kappa shape index (κ2) is 20.0. The molecule has 0 saturated heterocycles. The highest BCUT2D eigenvalue weighted by molar-refractivity contribution is 6.22. The molecule has 0 unspecified atom stereocenters. The van der Waals surface area contributed by atoms with Crippen LogP contribution in [0.15, 0.2) is 200 Å². The molecule has 0 spiro atoms. The highest BCUT2D eigenvalue weighted by atomic mass is 16.5. The molecule has 9 aromatic carbocycles. The minimum absolute atomic E-state index is 0.0300. The van der Waals surface area contributed by atoms with Crippen LogP contribution in [-0.4, -0.2) is 14.1 Å². The topological polar surface area (TPSA) is 35.2 Å². The van der Waals surface area contributed by atoms with E-state index in [1.54, 1.807) is 0 Å². The zero-order valence-corrected chi connectivity index (χ0v) is 52.5. The van der Waals surface area contributed by atoms with Crippen LogP contribution in [0, 0.1) is 0 Å². The van der Waals surface area contributed by atoms with Crippen molar-refractivity contribution in [3.63, 3.8) is 0 Å². The Labute approximate surface area is 502 Å². The van der Waals surface area contributed by atoms with Gasteiger partial charge in [-0.15, -0.1) is 0 Å². The fourth-order valence-corrected chi connectivity index (χ4v) is 12.8. The number of hydrogen-bond donors (Lipinski definition) is 0. The molecule has 1 aliphatic heterocycles. The summed E-state index contributed by atoms with van der Waals surface area (Å²) in [5, 5.41) is 9.62. The number of para-hydroxylation sites is 3. The van der Waals surface area contributed by atoms with E-state index in [4.69, 9.17) is 9.72 Å². The quantitative estimate of drug-likeness (QED) is 0.166. The molecule has 0 radical (unpaired) electrons. The molecule has 5 heteroatoms. The molecule has 0 fully saturated rings. The number of fused-ring (bicyclic) bond motifs is 10. The standard InChI is InChI=1S/C80H80N4O/c1-76(2,3)53-33-35-64-62-25-16-17-26-63(62)67-30-22-32-71-75(67)83(74-61(28-21-29-68(74)69(64)45-53)52-39-50(40-55(43-52)78(7,8)9)51-41-56(79(10,11)12)44-57(42-51)80(13,14)15)49-82(71)58-23-20-24-59(47-58)85-60-34-36-66-65-27-18-19-31-70(65)84(72(66)48-60)73-46-54(37-38-81-73)77(4,5)6/h16-48H,49H2,1-15H3. The zero-order valence-electron chi connectivity index (χ0n) is 52.5. The number of benzene rings is 9. The van der Waals surface area contributed by atoms with Gasteiger partial charge in [-0.2, -0.15) is 0 Å². The van der Waals surface area contributed by atoms with Crippen LogP contribution in [0.2, 0.25) is 0 Å². The number of hydrogen-bond acceptors (Lipinski definition) is 3. The van der Waals surface area contributed by atoms with Crippen LogP contribution < -0.4 is 9.64 Å². The summed E-state index contributed by atoms with van der Waals surface area (Å²) >= 11 is 0. The molecule has 0 saturated carbocycles. The normalized spacial score (nSPS) is 13.3. The molecule has 0 amide bonds. The van der Waals surface area contributed by atoms with Gasteiger partial charge >= 0.3 is 0 Å². The fourth-order valence-electron chi connectivity index (χ4n) is 12.8. The average molecular weight is 1110 g/mol. The Kier molecular flexibility index (Phi) is 13.0. The van der Waals surface area contributed by atoms with Gasteiger partial charge in [-0.3, -0.25) is 4.57 Å². The van der Waals surface area contributed by atoms with Crippen LogP contribution in [0.3, 0.4) is 0 Å². The summed E-state index contributed by atoms with van der Waals surface area (Å²) < 4.78 is 11.9. The van der Waals surface area contributed by atoms with Crippen molar-refractivity contribution in [2.75, 3.05) is 4.90 Å². The minimum atomic E-state index is -0.132. The summed E-state index contributed by atoms with van der Waals surface area (Å²) in [5.41, 5.74) is 17.8. The van der Waals surface area contributed by atoms with Crippen molar-refractivity contribution in [3.05, 3.63) is 228 Å². The maximum Gasteiger partial charge on any atom is 0.137 e. The van der Waals surface area contributed by atoms with Gasteiger partial charge in [0, 0.05) is 51.1 Å². The SMILES string of the molecule is CC(C)(C)c1cc(-c2cc(C(C)(C)C)cc(C(C)(C)C)c2)cc(-c2cccc3c4cc(C(C)(C)C)ccc4c4ccccc4c4cccc5c4n(c23)CN5c2cccc(Oc3ccc4c5ccccc5n(-c5cc(C(C)(C)C)ccn5)c4c3)c2)c1. The van der Waals surface area contributed by atoms with Gasteiger partial charge in [-0.25, -0.2) is 4.98 Å². The lowest BCUT2D eigenvalue weighted by molar-refractivity contribution is 0.483. The molecule has 4 heterocycles. The van der Waals surface area contributed by atoms with Gasteiger partial charge in [-0.1, -0.05) is 225 Å². The van der Waals surface area contributed by atoms with Crippen LogP contribution in [-0.2, 0) is 33.7 Å². The van der Waals surface area contributed by atoms with E-state index in [0.717, 1.165) is 45.1 Å². The molecule has 426 valence electrons. The molecule has 3 aromatic heterocycles. The number of nitrogens with zero attached hydrogens (tertiary/aromatic N) is 4. The van der Waals surface area contributed by atoms with Crippen LogP contribution >= 0.6 is 0 Å². The fraction of sp³-hybridized carbons (Fsp3) is 0.263. The van der Waals surface area contributed by atoms with E-state index >= 15 is 0 Å². The van der Waals surface area contributed by atoms with Gasteiger partial charge < -0.3 is 14.2 Å². The van der Waals surface area contributed by atoms with Crippen molar-refractivity contribution in [2.24, 2.45) is 0 Å². The summed E-state index contributed by atoms with van der Waals surface area (Å²) in [7, 11) is 0. The number of aromatic nitrogens is 3. The first-order chi connectivity index (χ1) is 40.3. The lowest BCUT2D eigenvalue weighted by Gasteiger charge is -2.27. The van der Waals surface area contributed by atoms with E-state index in [2.05, 4.69) is 312 Å². The van der Waals surface area contributed by atoms with Gasteiger partial charge in [0.25, 0.3) is 0 Å². The molecule has 85 heavy (non-hydrogen) atoms. The number of anilines is 2. The maximum atomic E-state index is 7.01. The van der Waals surface area contributed by atoms with Gasteiger partial charge in [0.2, 0.25) is 0 Å². The van der Waals surface area contributed by atoms with E-state index in [1.165, 1.54) is 98.8 Å². The average Bonchev–Trinajstić information content (AvgIpc) is 1.82. The highest BCUT2D eigenvalue weighted by Crippen LogP contribution is 2.47. The summed E-state index contributed by atoms with van der Waals surface area (Å²) in [5.74, 6) is 2.41. The summed E-state index contributed by atoms with van der Waals surface area (Å²) in [6.45, 7) is 35.4. The van der Waals surface area contributed by atoms with E-state index in [9.17, 15) is 0 Å². The van der Waals surface area contributed by atoms with Crippen LogP contribution in [0.4, 0.5) is 11.4 Å². The first kappa shape index (κ1) is 55.5. The van der Waals surface area contributed by atoms with Crippen molar-refractivity contribution in [1.82, 2.24) is 14.1 Å². The predicted molar refractivity (Wildman–Crippen MR) is 364 cm³/mol. The third kappa shape index (κ3) is 9.99. The van der Waals surface area contributed by atoms with Crippen LogP contribution in [0.5, 0.6) is 11.5 Å². The lowest BCUT2D eigenvalue weighted by Crippen LogP contribution is -2.16. The molecule has 0 atom stereocenters. The second-order valence-electron chi connectivity index (χ2n) is 29.1. The zero-order chi connectivity index (χ0) is 59.7. The van der Waals surface area contributed by atoms with E-state index in [-0.39, 0.29) is 27.1 Å². The Morgan fingerprint density at radius 1 is 0.353 bits per heavy atom. The Bertz CT molecular complexity index is 4710. The smallest absolute Gasteiger partial charge is 0.137 e. The molecule has 12 aromatic rings. The number of ether oxygens (including phenoxy) is 1. The summed E-state index contributed by atoms with van der Waals surface area (Å²) in [6, 6.07) is 73.1. The van der Waals surface area contributed by atoms with Crippen LogP contribution in [0.25, 0.3) is 93.2 Å². The maximum absolute atomic E-state index is 7.01. The molecule has 1 aliphatic rings. The lowest BCUT2D eigenvalue weighted by atomic mass is 9.78. The first-order valence-electron chi connectivity index (χ1n) is 30.4. The van der Waals surface area contributed by atoms with E-state index in [1.807, 2.05) is 6.20 Å². The third-order valence-electron chi connectivity index (χ3n) is 17.8. The molecule has 0 N–H and O–H groups in total. The van der Waals surface area contributed by atoms with Crippen molar-refractivity contribution in [1.29, 1.82) is 0 Å². The van der Waals surface area contributed by atoms with Crippen LogP contribution in [0.1, 0.15) is 132 Å². The Morgan fingerprint density at radius 2 is 0.871 bits per heavy atom. The highest BCUT2D eigenvalue weighted by Gasteiger charge is 2.29. The molecule has 0 aliphatic carbocycles. The van der Waals surface area contributed by atoms with Crippen molar-refractivity contribution < 1.29 is 4.74 Å². The summed E-state index contributed by atoms with van der Waals surface area (Å²) in [4.78, 5) is 7.45. The predicted octanol–water partition coefficient (Wildman–Crippen LogP) is 22.4. The van der Waals surface area contributed by atoms with Gasteiger partial charge in [0.05, 0.1) is 27.8 Å². The Morgan fingerprint density at radius 3 is 1.55 bits per heavy atom. The van der Waals surface area contributed by atoms with Gasteiger partial charge in [0.1, 0.15) is 24.0 Å². The number of pyridine rings is 1. The van der Waals surface area contributed by atoms with E-state index in [0.29, 0.717) is 6.67 Å². The molecular formula is C80H80N4O. The van der Waals surface area contributed by atoms with Crippen molar-refractivity contribution in [2.45, 2.75) is 138 Å². The van der Waals surface area contributed by atoms with Gasteiger partial charge in [-0.05, 0) is 154 Å². The minimum Gasteiger partial charge on any atom is -0.457 e. The first-order valence-corrected chi connectivity index (χ1v) is 30.4. The third-order valence-corrected chi connectivity index (χ3v) is 17.8. The summed E-state index contributed by atoms with van der Waals surface area (Å²) in [6.07, 6.45) is 1.94. The monoisotopic (exact) mass is 1110 g/mol. The molecule has 13 rings (SSSR count). The van der Waals surface area contributed by atoms with Crippen molar-refractivity contribution >= 4 is 76.5 Å².